The number of aliphatic hydroxyl groups is 1. The number of carbonyl (C=O) groups excluding carboxylic acids is 4. The van der Waals surface area contributed by atoms with Crippen LogP contribution in [0.3, 0.4) is 0 Å². The van der Waals surface area contributed by atoms with E-state index in [2.05, 4.69) is 10.6 Å². The molecule has 2 amide bonds. The molecule has 0 unspecified atom stereocenters. The van der Waals surface area contributed by atoms with Crippen molar-refractivity contribution >= 4 is 23.9 Å². The Morgan fingerprint density at radius 1 is 1.03 bits per heavy atom. The van der Waals surface area contributed by atoms with Crippen molar-refractivity contribution in [2.75, 3.05) is 13.2 Å². The molecule has 0 bridgehead atoms. The van der Waals surface area contributed by atoms with E-state index in [1.54, 1.807) is 12.1 Å². The molecule has 10 heteroatoms. The van der Waals surface area contributed by atoms with Gasteiger partial charge in [0.15, 0.2) is 6.10 Å². The van der Waals surface area contributed by atoms with E-state index in [0.717, 1.165) is 37.7 Å². The van der Waals surface area contributed by atoms with Gasteiger partial charge in [-0.2, -0.15) is 0 Å². The molecule has 0 spiro atoms. The van der Waals surface area contributed by atoms with Crippen molar-refractivity contribution in [3.05, 3.63) is 35.9 Å². The summed E-state index contributed by atoms with van der Waals surface area (Å²) in [6.07, 6.45) is 2.98. The number of ether oxygens (including phenoxy) is 3. The number of carbonyl (C=O) groups is 4. The monoisotopic (exact) mass is 490 g/mol. The van der Waals surface area contributed by atoms with Gasteiger partial charge in [0.05, 0.1) is 6.04 Å². The molecule has 1 heterocycles. The summed E-state index contributed by atoms with van der Waals surface area (Å²) in [5, 5.41) is 15.9. The number of rotatable bonds is 5. The van der Waals surface area contributed by atoms with Crippen LogP contribution >= 0.6 is 0 Å². The number of hydrogen-bond donors (Lipinski definition) is 3. The number of esters is 2. The van der Waals surface area contributed by atoms with Gasteiger partial charge in [0, 0.05) is 6.42 Å². The second-order valence-corrected chi connectivity index (χ2v) is 8.98. The van der Waals surface area contributed by atoms with Crippen molar-refractivity contribution in [1.82, 2.24) is 10.6 Å². The Kier molecular flexibility index (Phi) is 10.3. The van der Waals surface area contributed by atoms with E-state index in [0.29, 0.717) is 6.42 Å². The van der Waals surface area contributed by atoms with Crippen LogP contribution in [-0.2, 0) is 35.2 Å². The zero-order valence-corrected chi connectivity index (χ0v) is 19.8. The fraction of sp³-hybridized carbons (Fsp3) is 0.600. The number of nitrogens with one attached hydrogen (secondary N) is 2. The van der Waals surface area contributed by atoms with Crippen molar-refractivity contribution in [3.8, 4) is 0 Å². The minimum absolute atomic E-state index is 0.0118. The number of cyclic esters (lactones) is 2. The maximum atomic E-state index is 13.1. The molecule has 3 atom stereocenters. The average molecular weight is 491 g/mol. The number of hydrogen-bond acceptors (Lipinski definition) is 8. The maximum Gasteiger partial charge on any atom is 0.408 e. The van der Waals surface area contributed by atoms with Crippen LogP contribution in [-0.4, -0.2) is 60.4 Å². The topological polar surface area (TPSA) is 140 Å². The number of amides is 2. The van der Waals surface area contributed by atoms with Gasteiger partial charge in [0.25, 0.3) is 0 Å². The lowest BCUT2D eigenvalue weighted by Crippen LogP contribution is -2.54. The van der Waals surface area contributed by atoms with E-state index >= 15 is 0 Å². The van der Waals surface area contributed by atoms with Crippen LogP contribution in [0.5, 0.6) is 0 Å². The third-order valence-electron chi connectivity index (χ3n) is 6.31. The first-order valence-corrected chi connectivity index (χ1v) is 12.2. The summed E-state index contributed by atoms with van der Waals surface area (Å²) in [4.78, 5) is 49.9. The highest BCUT2D eigenvalue weighted by Gasteiger charge is 2.34. The molecule has 2 fully saturated rings. The summed E-state index contributed by atoms with van der Waals surface area (Å²) in [5.74, 6) is -1.87. The molecule has 1 aromatic carbocycles. The summed E-state index contributed by atoms with van der Waals surface area (Å²) in [7, 11) is 0. The van der Waals surface area contributed by atoms with Crippen LogP contribution < -0.4 is 10.6 Å². The Bertz CT molecular complexity index is 856. The summed E-state index contributed by atoms with van der Waals surface area (Å²) in [6, 6.07) is 7.05. The van der Waals surface area contributed by atoms with Crippen LogP contribution in [0.25, 0.3) is 0 Å². The van der Waals surface area contributed by atoms with E-state index < -0.39 is 42.1 Å². The molecular formula is C25H34N2O8. The third kappa shape index (κ3) is 8.86. The Balaban J connectivity index is 1.69. The Hall–Kier alpha value is -3.14. The molecule has 1 aliphatic carbocycles. The van der Waals surface area contributed by atoms with Crippen LogP contribution in [0.1, 0.15) is 56.9 Å². The van der Waals surface area contributed by atoms with Crippen molar-refractivity contribution in [1.29, 1.82) is 0 Å². The van der Waals surface area contributed by atoms with Gasteiger partial charge in [0.2, 0.25) is 5.91 Å². The van der Waals surface area contributed by atoms with E-state index in [-0.39, 0.29) is 38.6 Å². The lowest BCUT2D eigenvalue weighted by Gasteiger charge is -2.30. The summed E-state index contributed by atoms with van der Waals surface area (Å²) >= 11 is 0. The molecule has 1 saturated carbocycles. The smallest absolute Gasteiger partial charge is 0.408 e. The van der Waals surface area contributed by atoms with Crippen molar-refractivity contribution in [2.45, 2.75) is 76.2 Å². The molecule has 1 aliphatic heterocycles. The Morgan fingerprint density at radius 3 is 2.49 bits per heavy atom. The van der Waals surface area contributed by atoms with Crippen LogP contribution in [0.15, 0.2) is 30.3 Å². The normalized spacial score (nSPS) is 25.1. The molecule has 3 rings (SSSR count). The molecule has 10 nitrogen and oxygen atoms in total. The standard InChI is InChI=1S/C25H34N2O8/c28-21-12-11-19(27-25(32)35-16-18-9-5-2-6-10-18)23(30)26-20(15-17-7-3-1-4-8-17)22(29)24(31)34-14-13-33-21/h2,5-6,9-10,17,19-20,22,29H,1,3-4,7-8,11-16H2,(H,26,30)(H,27,32)/t19-,20-,22+/m0/s1. The first-order chi connectivity index (χ1) is 16.9. The molecule has 192 valence electrons. The first kappa shape index (κ1) is 26.5. The van der Waals surface area contributed by atoms with Gasteiger partial charge in [-0.1, -0.05) is 62.4 Å². The van der Waals surface area contributed by atoms with Crippen molar-refractivity contribution < 1.29 is 38.5 Å². The molecule has 3 N–H and O–H groups in total. The van der Waals surface area contributed by atoms with Gasteiger partial charge in [-0.3, -0.25) is 9.59 Å². The number of aliphatic hydroxyl groups excluding tert-OH is 1. The fourth-order valence-electron chi connectivity index (χ4n) is 4.39. The van der Waals surface area contributed by atoms with Gasteiger partial charge in [0.1, 0.15) is 25.9 Å². The zero-order chi connectivity index (χ0) is 25.0. The molecule has 35 heavy (non-hydrogen) atoms. The third-order valence-corrected chi connectivity index (χ3v) is 6.31. The van der Waals surface area contributed by atoms with E-state index in [9.17, 15) is 24.3 Å². The summed E-state index contributed by atoms with van der Waals surface area (Å²) in [6.45, 7) is -0.347. The minimum Gasteiger partial charge on any atom is -0.462 e. The Morgan fingerprint density at radius 2 is 1.74 bits per heavy atom. The molecule has 1 saturated heterocycles. The number of alkyl carbamates (subject to hydrolysis) is 1. The fourth-order valence-corrected chi connectivity index (χ4v) is 4.39. The zero-order valence-electron chi connectivity index (χ0n) is 19.8. The molecule has 0 aromatic heterocycles. The summed E-state index contributed by atoms with van der Waals surface area (Å²) < 4.78 is 15.3. The molecule has 0 radical (unpaired) electrons. The second-order valence-electron chi connectivity index (χ2n) is 8.98. The van der Waals surface area contributed by atoms with Gasteiger partial charge in [-0.05, 0) is 24.3 Å². The predicted molar refractivity (Wildman–Crippen MR) is 124 cm³/mol. The first-order valence-electron chi connectivity index (χ1n) is 12.2. The molecule has 1 aromatic rings. The lowest BCUT2D eigenvalue weighted by atomic mass is 9.83. The van der Waals surface area contributed by atoms with Crippen LogP contribution in [0, 0.1) is 5.92 Å². The average Bonchev–Trinajstić information content (AvgIpc) is 2.88. The number of benzene rings is 1. The SMILES string of the molecule is O=C1CC[C@H](NC(=O)OCc2ccccc2)C(=O)N[C@@H](CC2CCCCC2)[C@@H](O)C(=O)OCCO1. The van der Waals surface area contributed by atoms with Gasteiger partial charge in [-0.25, -0.2) is 9.59 Å². The van der Waals surface area contributed by atoms with E-state index in [4.69, 9.17) is 14.2 Å². The maximum absolute atomic E-state index is 13.1. The van der Waals surface area contributed by atoms with Crippen molar-refractivity contribution in [2.24, 2.45) is 5.92 Å². The van der Waals surface area contributed by atoms with Crippen LogP contribution in [0.2, 0.25) is 0 Å². The highest BCUT2D eigenvalue weighted by Crippen LogP contribution is 2.28. The largest absolute Gasteiger partial charge is 0.462 e. The molecular weight excluding hydrogens is 456 g/mol. The Labute approximate surface area is 204 Å². The van der Waals surface area contributed by atoms with Gasteiger partial charge in [-0.15, -0.1) is 0 Å². The van der Waals surface area contributed by atoms with Gasteiger partial charge >= 0.3 is 18.0 Å². The van der Waals surface area contributed by atoms with E-state index in [1.807, 2.05) is 18.2 Å². The van der Waals surface area contributed by atoms with Gasteiger partial charge < -0.3 is 30.0 Å². The highest BCUT2D eigenvalue weighted by molar-refractivity contribution is 5.87. The predicted octanol–water partition coefficient (Wildman–Crippen LogP) is 1.98. The summed E-state index contributed by atoms with van der Waals surface area (Å²) in [5.41, 5.74) is 0.778. The highest BCUT2D eigenvalue weighted by atomic mass is 16.6. The van der Waals surface area contributed by atoms with E-state index in [1.165, 1.54) is 0 Å². The second kappa shape index (κ2) is 13.7. The van der Waals surface area contributed by atoms with Crippen LogP contribution in [0.4, 0.5) is 4.79 Å². The molecule has 2 aliphatic rings. The quantitative estimate of drug-likeness (QED) is 0.420. The van der Waals surface area contributed by atoms with Crippen molar-refractivity contribution in [3.63, 3.8) is 0 Å². The lowest BCUT2D eigenvalue weighted by molar-refractivity contribution is -0.160. The minimum atomic E-state index is -1.58.